The van der Waals surface area contributed by atoms with Gasteiger partial charge in [0.2, 0.25) is 0 Å². The van der Waals surface area contributed by atoms with Crippen LogP contribution in [0.15, 0.2) is 18.2 Å². The van der Waals surface area contributed by atoms with Crippen molar-refractivity contribution >= 4 is 23.2 Å². The zero-order valence-corrected chi connectivity index (χ0v) is 14.7. The first-order valence-electron chi connectivity index (χ1n) is 8.31. The molecule has 0 radical (unpaired) electrons. The molecular formula is C18H27Cl2N. The molecule has 0 bridgehead atoms. The Morgan fingerprint density at radius 3 is 2.24 bits per heavy atom. The van der Waals surface area contributed by atoms with Crippen LogP contribution in [0.3, 0.4) is 0 Å². The molecule has 1 N–H and O–H groups in total. The van der Waals surface area contributed by atoms with Gasteiger partial charge in [-0.25, -0.2) is 0 Å². The fraction of sp³-hybridized carbons (Fsp3) is 0.667. The fourth-order valence-corrected chi connectivity index (χ4v) is 4.17. The van der Waals surface area contributed by atoms with Gasteiger partial charge in [0.15, 0.2) is 0 Å². The van der Waals surface area contributed by atoms with Crippen molar-refractivity contribution in [3.63, 3.8) is 0 Å². The summed E-state index contributed by atoms with van der Waals surface area (Å²) in [6.45, 7) is 5.50. The molecule has 21 heavy (non-hydrogen) atoms. The Morgan fingerprint density at radius 2 is 1.71 bits per heavy atom. The van der Waals surface area contributed by atoms with Gasteiger partial charge in [0.1, 0.15) is 0 Å². The van der Waals surface area contributed by atoms with Crippen LogP contribution in [0.5, 0.6) is 0 Å². The van der Waals surface area contributed by atoms with Crippen LogP contribution in [0.4, 0.5) is 0 Å². The zero-order valence-electron chi connectivity index (χ0n) is 13.2. The lowest BCUT2D eigenvalue weighted by Crippen LogP contribution is -2.39. The predicted octanol–water partition coefficient (Wildman–Crippen LogP) is 5.73. The second kappa shape index (κ2) is 8.41. The van der Waals surface area contributed by atoms with E-state index in [1.807, 2.05) is 18.2 Å². The molecule has 0 heterocycles. The van der Waals surface area contributed by atoms with Crippen LogP contribution >= 0.6 is 23.2 Å². The molecule has 1 aromatic rings. The normalized spacial score (nSPS) is 24.0. The third-order valence-electron chi connectivity index (χ3n) is 4.99. The largest absolute Gasteiger partial charge is 0.314 e. The van der Waals surface area contributed by atoms with Crippen LogP contribution in [0.25, 0.3) is 0 Å². The molecule has 0 aromatic heterocycles. The number of halogens is 2. The van der Waals surface area contributed by atoms with Crippen molar-refractivity contribution in [1.29, 1.82) is 0 Å². The van der Waals surface area contributed by atoms with E-state index < -0.39 is 0 Å². The summed E-state index contributed by atoms with van der Waals surface area (Å²) in [6, 6.07) is 6.30. The van der Waals surface area contributed by atoms with Crippen LogP contribution in [0.2, 0.25) is 10.0 Å². The summed E-state index contributed by atoms with van der Waals surface area (Å²) in [7, 11) is 0. The maximum Gasteiger partial charge on any atom is 0.0453 e. The van der Waals surface area contributed by atoms with E-state index in [0.717, 1.165) is 40.4 Å². The van der Waals surface area contributed by atoms with Gasteiger partial charge in [-0.2, -0.15) is 0 Å². The van der Waals surface area contributed by atoms with Gasteiger partial charge in [-0.3, -0.25) is 0 Å². The molecule has 118 valence electrons. The maximum atomic E-state index is 6.35. The highest BCUT2D eigenvalue weighted by molar-refractivity contribution is 6.36. The van der Waals surface area contributed by atoms with Gasteiger partial charge in [-0.05, 0) is 55.3 Å². The number of benzene rings is 1. The molecule has 1 aliphatic rings. The SMILES string of the molecule is CCNC(Cc1c(Cl)cccc1Cl)C1CCC(CC)CC1. The molecule has 1 nitrogen and oxygen atoms in total. The second-order valence-corrected chi connectivity index (χ2v) is 7.07. The van der Waals surface area contributed by atoms with Gasteiger partial charge in [-0.1, -0.05) is 62.4 Å². The van der Waals surface area contributed by atoms with Gasteiger partial charge in [0.25, 0.3) is 0 Å². The smallest absolute Gasteiger partial charge is 0.0453 e. The standard InChI is InChI=1S/C18H27Cl2N/c1-3-13-8-10-14(11-9-13)18(21-4-2)12-15-16(19)6-5-7-17(15)20/h5-7,13-14,18,21H,3-4,8-12H2,1-2H3. The lowest BCUT2D eigenvalue weighted by atomic mass is 9.76. The van der Waals surface area contributed by atoms with Crippen LogP contribution in [0, 0.1) is 11.8 Å². The quantitative estimate of drug-likeness (QED) is 0.703. The molecular weight excluding hydrogens is 301 g/mol. The topological polar surface area (TPSA) is 12.0 Å². The molecule has 1 unspecified atom stereocenters. The Morgan fingerprint density at radius 1 is 1.10 bits per heavy atom. The van der Waals surface area contributed by atoms with Crippen molar-refractivity contribution in [1.82, 2.24) is 5.32 Å². The van der Waals surface area contributed by atoms with E-state index in [2.05, 4.69) is 19.2 Å². The van der Waals surface area contributed by atoms with E-state index in [4.69, 9.17) is 23.2 Å². The molecule has 1 aromatic carbocycles. The summed E-state index contributed by atoms with van der Waals surface area (Å²) in [5, 5.41) is 5.27. The average Bonchev–Trinajstić information content (AvgIpc) is 2.50. The molecule has 1 saturated carbocycles. The van der Waals surface area contributed by atoms with Crippen molar-refractivity contribution in [3.8, 4) is 0 Å². The molecule has 0 saturated heterocycles. The van der Waals surface area contributed by atoms with E-state index >= 15 is 0 Å². The van der Waals surface area contributed by atoms with Crippen LogP contribution in [0.1, 0.15) is 51.5 Å². The average molecular weight is 328 g/mol. The third-order valence-corrected chi connectivity index (χ3v) is 5.70. The molecule has 0 aliphatic heterocycles. The summed E-state index contributed by atoms with van der Waals surface area (Å²) in [4.78, 5) is 0. The molecule has 2 rings (SSSR count). The maximum absolute atomic E-state index is 6.35. The summed E-state index contributed by atoms with van der Waals surface area (Å²) >= 11 is 12.7. The first-order valence-corrected chi connectivity index (χ1v) is 9.07. The predicted molar refractivity (Wildman–Crippen MR) is 93.4 cm³/mol. The Kier molecular flexibility index (Phi) is 6.85. The van der Waals surface area contributed by atoms with Crippen molar-refractivity contribution < 1.29 is 0 Å². The number of hydrogen-bond acceptors (Lipinski definition) is 1. The number of rotatable bonds is 6. The Hall–Kier alpha value is -0.240. The Labute approximate surface area is 139 Å². The van der Waals surface area contributed by atoms with Crippen LogP contribution < -0.4 is 5.32 Å². The summed E-state index contributed by atoms with van der Waals surface area (Å²) in [5.74, 6) is 1.69. The first-order chi connectivity index (χ1) is 10.2. The van der Waals surface area contributed by atoms with E-state index in [1.54, 1.807) is 0 Å². The highest BCUT2D eigenvalue weighted by Gasteiger charge is 2.27. The van der Waals surface area contributed by atoms with Gasteiger partial charge >= 0.3 is 0 Å². The molecule has 1 aliphatic carbocycles. The summed E-state index contributed by atoms with van der Waals surface area (Å²) in [6.07, 6.45) is 7.68. The van der Waals surface area contributed by atoms with Gasteiger partial charge < -0.3 is 5.32 Å². The summed E-state index contributed by atoms with van der Waals surface area (Å²) in [5.41, 5.74) is 1.10. The van der Waals surface area contributed by atoms with Gasteiger partial charge in [-0.15, -0.1) is 0 Å². The van der Waals surface area contributed by atoms with Crippen LogP contribution in [-0.4, -0.2) is 12.6 Å². The van der Waals surface area contributed by atoms with E-state index in [0.29, 0.717) is 6.04 Å². The molecule has 0 spiro atoms. The Bertz CT molecular complexity index is 419. The minimum absolute atomic E-state index is 0.491. The molecule has 1 fully saturated rings. The lowest BCUT2D eigenvalue weighted by Gasteiger charge is -2.34. The number of hydrogen-bond donors (Lipinski definition) is 1. The molecule has 0 amide bonds. The lowest BCUT2D eigenvalue weighted by molar-refractivity contribution is 0.218. The van der Waals surface area contributed by atoms with Gasteiger partial charge in [0.05, 0.1) is 0 Å². The minimum atomic E-state index is 0.491. The van der Waals surface area contributed by atoms with Crippen molar-refractivity contribution in [3.05, 3.63) is 33.8 Å². The third kappa shape index (κ3) is 4.61. The number of nitrogens with one attached hydrogen (secondary N) is 1. The van der Waals surface area contributed by atoms with Gasteiger partial charge in [0, 0.05) is 16.1 Å². The van der Waals surface area contributed by atoms with E-state index in [9.17, 15) is 0 Å². The van der Waals surface area contributed by atoms with Crippen molar-refractivity contribution in [2.45, 2.75) is 58.4 Å². The second-order valence-electron chi connectivity index (χ2n) is 6.26. The monoisotopic (exact) mass is 327 g/mol. The Balaban J connectivity index is 2.05. The van der Waals surface area contributed by atoms with Crippen LogP contribution in [-0.2, 0) is 6.42 Å². The minimum Gasteiger partial charge on any atom is -0.314 e. The van der Waals surface area contributed by atoms with E-state index in [1.165, 1.54) is 32.1 Å². The zero-order chi connectivity index (χ0) is 15.2. The number of likely N-dealkylation sites (N-methyl/N-ethyl adjacent to an activating group) is 1. The molecule has 1 atom stereocenters. The molecule has 3 heteroatoms. The van der Waals surface area contributed by atoms with E-state index in [-0.39, 0.29) is 0 Å². The fourth-order valence-electron chi connectivity index (χ4n) is 3.61. The highest BCUT2D eigenvalue weighted by atomic mass is 35.5. The van der Waals surface area contributed by atoms with Crippen molar-refractivity contribution in [2.75, 3.05) is 6.54 Å². The highest BCUT2D eigenvalue weighted by Crippen LogP contribution is 2.35. The first kappa shape index (κ1) is 17.1. The van der Waals surface area contributed by atoms with Crippen molar-refractivity contribution in [2.24, 2.45) is 11.8 Å². The summed E-state index contributed by atoms with van der Waals surface area (Å²) < 4.78 is 0.